The van der Waals surface area contributed by atoms with Gasteiger partial charge in [-0.25, -0.2) is 0 Å². The number of nitrogens with one attached hydrogen (secondary N) is 2. The van der Waals surface area contributed by atoms with Crippen molar-refractivity contribution in [2.24, 2.45) is 5.92 Å². The van der Waals surface area contributed by atoms with Crippen molar-refractivity contribution in [1.82, 2.24) is 25.0 Å². The average molecular weight is 706 g/mol. The molecular weight excluding hydrogens is 655 g/mol. The summed E-state index contributed by atoms with van der Waals surface area (Å²) in [5.74, 6) is 5.36. The molecule has 0 saturated carbocycles. The molecule has 2 N–H and O–H groups in total. The molecule has 0 radical (unpaired) electrons. The zero-order chi connectivity index (χ0) is 37.2. The van der Waals surface area contributed by atoms with Gasteiger partial charge in [0.1, 0.15) is 0 Å². The zero-order valence-corrected chi connectivity index (χ0v) is 30.4. The fourth-order valence-electron chi connectivity index (χ4n) is 6.21. The Morgan fingerprint density at radius 2 is 1.76 bits per heavy atom. The van der Waals surface area contributed by atoms with Gasteiger partial charge in [-0.15, -0.1) is 0 Å². The van der Waals surface area contributed by atoms with E-state index in [1.807, 2.05) is 34.9 Å². The summed E-state index contributed by atoms with van der Waals surface area (Å²) in [6, 6.07) is 12.1. The average Bonchev–Trinajstić information content (AvgIpc) is 3.09. The number of anilines is 1. The third-order valence-corrected chi connectivity index (χ3v) is 9.64. The second-order valence-electron chi connectivity index (χ2n) is 14.2. The Bertz CT molecular complexity index is 1640. The lowest BCUT2D eigenvalue weighted by atomic mass is 9.91. The van der Waals surface area contributed by atoms with Crippen LogP contribution in [0.4, 0.5) is 18.9 Å². The van der Waals surface area contributed by atoms with Crippen molar-refractivity contribution in [2.45, 2.75) is 78.1 Å². The Hall–Kier alpha value is -4.39. The molecule has 2 aliphatic heterocycles. The number of nitriles is 1. The van der Waals surface area contributed by atoms with Crippen LogP contribution in [0.3, 0.4) is 0 Å². The predicted molar refractivity (Wildman–Crippen MR) is 193 cm³/mol. The molecule has 2 amide bonds. The Morgan fingerprint density at radius 3 is 2.37 bits per heavy atom. The number of amides is 2. The Morgan fingerprint density at radius 1 is 1.06 bits per heavy atom. The highest BCUT2D eigenvalue weighted by Gasteiger charge is 2.31. The summed E-state index contributed by atoms with van der Waals surface area (Å²) in [4.78, 5) is 34.7. The minimum absolute atomic E-state index is 0.0724. The van der Waals surface area contributed by atoms with Gasteiger partial charge in [0.05, 0.1) is 48.6 Å². The van der Waals surface area contributed by atoms with Crippen molar-refractivity contribution >= 4 is 23.6 Å². The number of benzene rings is 1. The van der Waals surface area contributed by atoms with Gasteiger partial charge in [-0.1, -0.05) is 37.0 Å². The Kier molecular flexibility index (Phi) is 13.7. The van der Waals surface area contributed by atoms with E-state index < -0.39 is 23.9 Å². The zero-order valence-electron chi connectivity index (χ0n) is 30.4. The van der Waals surface area contributed by atoms with E-state index >= 15 is 0 Å². The molecule has 1 aromatic heterocycles. The number of carbonyl (C=O) groups excluding carboxylic acids is 2. The van der Waals surface area contributed by atoms with Crippen LogP contribution in [0.25, 0.3) is 6.08 Å². The van der Waals surface area contributed by atoms with E-state index in [1.54, 1.807) is 52.1 Å². The molecule has 2 fully saturated rings. The van der Waals surface area contributed by atoms with Crippen molar-refractivity contribution < 1.29 is 22.8 Å². The van der Waals surface area contributed by atoms with Crippen molar-refractivity contribution in [2.75, 3.05) is 57.7 Å². The molecule has 2 aliphatic rings. The lowest BCUT2D eigenvalue weighted by molar-refractivity contribution is -0.140. The molecule has 3 heterocycles. The summed E-state index contributed by atoms with van der Waals surface area (Å²) in [6.07, 6.45) is -0.235. The number of hydrogen-bond donors (Lipinski definition) is 2. The molecule has 51 heavy (non-hydrogen) atoms. The fraction of sp³-hybridized carbons (Fsp3) is 0.538. The first kappa shape index (κ1) is 39.4. The van der Waals surface area contributed by atoms with Gasteiger partial charge in [-0.05, 0) is 74.4 Å². The fourth-order valence-corrected chi connectivity index (χ4v) is 6.21. The minimum Gasteiger partial charge on any atom is -0.373 e. The highest BCUT2D eigenvalue weighted by Crippen LogP contribution is 2.30. The number of rotatable bonds is 11. The highest BCUT2D eigenvalue weighted by atomic mass is 19.4. The van der Waals surface area contributed by atoms with Crippen molar-refractivity contribution in [3.63, 3.8) is 0 Å². The maximum absolute atomic E-state index is 13.4. The first-order valence-electron chi connectivity index (χ1n) is 17.6. The van der Waals surface area contributed by atoms with Gasteiger partial charge in [0.15, 0.2) is 0 Å². The molecule has 4 rings (SSSR count). The van der Waals surface area contributed by atoms with Gasteiger partial charge in [-0.2, -0.15) is 18.4 Å². The minimum atomic E-state index is -4.32. The standard InChI is InChI=1S/C39H50F3N7O2/c1-28-8-9-31(24-45-34-12-15-49(16-13-34)37(51)26-47-17-19-48(20-18-47)30(3)50)21-33(28)22-32(29(2)23-39(40,41)42)7-6-14-44-35-10-11-36(46-25-35)38(4,5)27-43/h8-11,21-22,25,29,34,44-45H,12-20,23-24,26H2,1-5H3/b32-22-/t29-/m0/s1. The topological polar surface area (TPSA) is 105 Å². The van der Waals surface area contributed by atoms with Gasteiger partial charge >= 0.3 is 6.18 Å². The maximum Gasteiger partial charge on any atom is 0.389 e. The number of aryl methyl sites for hydroxylation is 1. The number of nitrogens with zero attached hydrogens (tertiary/aromatic N) is 5. The number of likely N-dealkylation sites (tertiary alicyclic amines) is 1. The highest BCUT2D eigenvalue weighted by molar-refractivity contribution is 5.78. The third-order valence-electron chi connectivity index (χ3n) is 9.64. The van der Waals surface area contributed by atoms with E-state index in [9.17, 15) is 28.0 Å². The molecule has 1 atom stereocenters. The van der Waals surface area contributed by atoms with Crippen LogP contribution in [0.5, 0.6) is 0 Å². The number of halogens is 3. The molecule has 274 valence electrons. The third kappa shape index (κ3) is 12.1. The van der Waals surface area contributed by atoms with Gasteiger partial charge < -0.3 is 20.4 Å². The Labute approximate surface area is 300 Å². The molecule has 9 nitrogen and oxygen atoms in total. The lowest BCUT2D eigenvalue weighted by Gasteiger charge is -2.37. The van der Waals surface area contributed by atoms with Gasteiger partial charge in [0.2, 0.25) is 11.8 Å². The van der Waals surface area contributed by atoms with Crippen LogP contribution in [-0.4, -0.2) is 96.1 Å². The van der Waals surface area contributed by atoms with Crippen LogP contribution in [0.2, 0.25) is 0 Å². The second-order valence-corrected chi connectivity index (χ2v) is 14.2. The van der Waals surface area contributed by atoms with Crippen molar-refractivity contribution in [3.05, 3.63) is 64.5 Å². The molecule has 2 aromatic rings. The smallest absolute Gasteiger partial charge is 0.373 e. The van der Waals surface area contributed by atoms with Crippen LogP contribution in [0.1, 0.15) is 69.3 Å². The van der Waals surface area contributed by atoms with Crippen molar-refractivity contribution in [3.8, 4) is 17.9 Å². The van der Waals surface area contributed by atoms with Gasteiger partial charge in [-0.3, -0.25) is 19.5 Å². The number of pyridine rings is 1. The first-order chi connectivity index (χ1) is 24.1. The molecule has 0 bridgehead atoms. The number of piperazine rings is 1. The molecule has 12 heteroatoms. The summed E-state index contributed by atoms with van der Waals surface area (Å²) in [7, 11) is 0. The summed E-state index contributed by atoms with van der Waals surface area (Å²) >= 11 is 0. The van der Waals surface area contributed by atoms with E-state index in [0.29, 0.717) is 69.3 Å². The molecule has 1 aromatic carbocycles. The molecule has 0 spiro atoms. The van der Waals surface area contributed by atoms with Crippen LogP contribution in [-0.2, 0) is 21.5 Å². The van der Waals surface area contributed by atoms with Crippen LogP contribution < -0.4 is 10.6 Å². The van der Waals surface area contributed by atoms with Gasteiger partial charge in [0, 0.05) is 64.4 Å². The van der Waals surface area contributed by atoms with Crippen LogP contribution >= 0.6 is 0 Å². The predicted octanol–water partition coefficient (Wildman–Crippen LogP) is 5.52. The summed E-state index contributed by atoms with van der Waals surface area (Å²) < 4.78 is 40.3. The Balaban J connectivity index is 1.34. The first-order valence-corrected chi connectivity index (χ1v) is 17.6. The van der Waals surface area contributed by atoms with E-state index in [-0.39, 0.29) is 24.4 Å². The number of aromatic nitrogens is 1. The van der Waals surface area contributed by atoms with E-state index in [2.05, 4.69) is 38.4 Å². The monoisotopic (exact) mass is 705 g/mol. The second kappa shape index (κ2) is 17.7. The number of allylic oxidation sites excluding steroid dienone is 1. The quantitative estimate of drug-likeness (QED) is 0.297. The molecule has 0 aliphatic carbocycles. The molecule has 2 saturated heterocycles. The summed E-state index contributed by atoms with van der Waals surface area (Å²) in [6.45, 7) is 13.9. The normalized spacial score (nSPS) is 17.0. The van der Waals surface area contributed by atoms with Gasteiger partial charge in [0.25, 0.3) is 0 Å². The van der Waals surface area contributed by atoms with E-state index in [0.717, 1.165) is 29.5 Å². The largest absolute Gasteiger partial charge is 0.389 e. The van der Waals surface area contributed by atoms with E-state index in [4.69, 9.17) is 0 Å². The summed E-state index contributed by atoms with van der Waals surface area (Å²) in [5, 5.41) is 16.1. The number of hydrogen-bond acceptors (Lipinski definition) is 7. The number of piperidine rings is 1. The van der Waals surface area contributed by atoms with Crippen molar-refractivity contribution in [1.29, 1.82) is 5.26 Å². The molecule has 0 unspecified atom stereocenters. The SMILES string of the molecule is CC(=O)N1CCN(CC(=O)N2CCC(NCc3ccc(C)c(/C=C(/C#CCNc4ccc(C(C)(C)C#N)nc4)[C@@H](C)CC(F)(F)F)c3)CC2)CC1. The number of alkyl halides is 3. The van der Waals surface area contributed by atoms with Crippen LogP contribution in [0.15, 0.2) is 42.1 Å². The summed E-state index contributed by atoms with van der Waals surface area (Å²) in [5.41, 5.74) is 3.82. The lowest BCUT2D eigenvalue weighted by Crippen LogP contribution is -2.52. The maximum atomic E-state index is 13.4. The van der Waals surface area contributed by atoms with E-state index in [1.165, 1.54) is 0 Å². The number of carbonyl (C=O) groups is 2. The van der Waals surface area contributed by atoms with Crippen LogP contribution in [0, 0.1) is 36.0 Å². The molecular formula is C39H50F3N7O2.